The number of amides is 1. The van der Waals surface area contributed by atoms with Crippen LogP contribution in [0.5, 0.6) is 5.75 Å². The third-order valence-electron chi connectivity index (χ3n) is 7.95. The summed E-state index contributed by atoms with van der Waals surface area (Å²) < 4.78 is 7.06. The first-order valence-electron chi connectivity index (χ1n) is 12.2. The summed E-state index contributed by atoms with van der Waals surface area (Å²) in [5.41, 5.74) is 2.38. The first-order valence-corrected chi connectivity index (χ1v) is 12.2. The molecule has 2 fully saturated rings. The second-order valence-corrected chi connectivity index (χ2v) is 9.72. The SMILES string of the molecule is COc1ccc(-c2ccc3n(c2=O)C[C@H]2[C@H](CO)[C@@H](C(=O)NCCN4CCCC4)N(C)[C@@H]32)cc1. The average Bonchev–Trinajstić information content (AvgIpc) is 3.56. The van der Waals surface area contributed by atoms with Crippen molar-refractivity contribution in [3.63, 3.8) is 0 Å². The van der Waals surface area contributed by atoms with E-state index >= 15 is 0 Å². The van der Waals surface area contributed by atoms with Gasteiger partial charge in [-0.05, 0) is 62.8 Å². The molecule has 3 aliphatic heterocycles. The highest BCUT2D eigenvalue weighted by Crippen LogP contribution is 2.48. The number of rotatable bonds is 7. The Morgan fingerprint density at radius 2 is 1.88 bits per heavy atom. The molecule has 0 saturated carbocycles. The van der Waals surface area contributed by atoms with E-state index in [0.717, 1.165) is 36.6 Å². The lowest BCUT2D eigenvalue weighted by atomic mass is 9.88. The van der Waals surface area contributed by atoms with Gasteiger partial charge in [-0.15, -0.1) is 0 Å². The maximum Gasteiger partial charge on any atom is 0.258 e. The van der Waals surface area contributed by atoms with E-state index in [-0.39, 0.29) is 36.0 Å². The van der Waals surface area contributed by atoms with Crippen molar-refractivity contribution in [3.8, 4) is 16.9 Å². The highest BCUT2D eigenvalue weighted by atomic mass is 16.5. The molecule has 5 rings (SSSR count). The normalized spacial score (nSPS) is 26.4. The fourth-order valence-corrected chi connectivity index (χ4v) is 6.21. The smallest absolute Gasteiger partial charge is 0.258 e. The number of aromatic nitrogens is 1. The number of ether oxygens (including phenoxy) is 1. The molecule has 1 aromatic carbocycles. The molecule has 2 saturated heterocycles. The van der Waals surface area contributed by atoms with Crippen molar-refractivity contribution in [2.45, 2.75) is 31.5 Å². The number of nitrogens with one attached hydrogen (secondary N) is 1. The largest absolute Gasteiger partial charge is 0.497 e. The van der Waals surface area contributed by atoms with Gasteiger partial charge in [0.25, 0.3) is 5.56 Å². The number of pyridine rings is 1. The number of carbonyl (C=O) groups excluding carboxylic acids is 1. The molecule has 4 atom stereocenters. The summed E-state index contributed by atoms with van der Waals surface area (Å²) in [6, 6.07) is 10.9. The second kappa shape index (κ2) is 9.52. The molecule has 8 heteroatoms. The van der Waals surface area contributed by atoms with Crippen molar-refractivity contribution in [2.24, 2.45) is 11.8 Å². The minimum absolute atomic E-state index is 0.0168. The highest BCUT2D eigenvalue weighted by molar-refractivity contribution is 5.82. The van der Waals surface area contributed by atoms with Crippen molar-refractivity contribution in [3.05, 3.63) is 52.4 Å². The van der Waals surface area contributed by atoms with Crippen molar-refractivity contribution in [2.75, 3.05) is 46.9 Å². The van der Waals surface area contributed by atoms with Crippen molar-refractivity contribution < 1.29 is 14.6 Å². The molecule has 1 aromatic heterocycles. The van der Waals surface area contributed by atoms with Gasteiger partial charge in [0.05, 0.1) is 19.2 Å². The van der Waals surface area contributed by atoms with E-state index < -0.39 is 6.04 Å². The van der Waals surface area contributed by atoms with Crippen LogP contribution in [0, 0.1) is 11.8 Å². The van der Waals surface area contributed by atoms with E-state index in [1.165, 1.54) is 12.8 Å². The first-order chi connectivity index (χ1) is 16.5. The Morgan fingerprint density at radius 1 is 1.15 bits per heavy atom. The summed E-state index contributed by atoms with van der Waals surface area (Å²) in [5, 5.41) is 13.4. The molecule has 0 unspecified atom stereocenters. The Labute approximate surface area is 200 Å². The topological polar surface area (TPSA) is 87.0 Å². The number of hydrogen-bond acceptors (Lipinski definition) is 6. The lowest BCUT2D eigenvalue weighted by Crippen LogP contribution is -2.48. The number of likely N-dealkylation sites (N-methyl/N-ethyl adjacent to an activating group) is 1. The van der Waals surface area contributed by atoms with E-state index in [9.17, 15) is 14.7 Å². The Balaban J connectivity index is 1.35. The third-order valence-corrected chi connectivity index (χ3v) is 7.95. The molecule has 2 aromatic rings. The van der Waals surface area contributed by atoms with E-state index in [1.54, 1.807) is 7.11 Å². The van der Waals surface area contributed by atoms with Crippen LogP contribution in [0.1, 0.15) is 24.6 Å². The van der Waals surface area contributed by atoms with Gasteiger partial charge in [0.1, 0.15) is 5.75 Å². The number of fused-ring (bicyclic) bond motifs is 3. The Morgan fingerprint density at radius 3 is 2.56 bits per heavy atom. The van der Waals surface area contributed by atoms with Crippen LogP contribution >= 0.6 is 0 Å². The summed E-state index contributed by atoms with van der Waals surface area (Å²) in [4.78, 5) is 31.0. The van der Waals surface area contributed by atoms with Crippen LogP contribution in [0.15, 0.2) is 41.2 Å². The van der Waals surface area contributed by atoms with Crippen LogP contribution in [0.3, 0.4) is 0 Å². The van der Waals surface area contributed by atoms with Crippen molar-refractivity contribution in [1.29, 1.82) is 0 Å². The number of methoxy groups -OCH3 is 1. The number of nitrogens with zero attached hydrogens (tertiary/aromatic N) is 3. The lowest BCUT2D eigenvalue weighted by Gasteiger charge is -2.27. The first kappa shape index (κ1) is 23.1. The molecule has 2 N–H and O–H groups in total. The zero-order chi connectivity index (χ0) is 23.8. The van der Waals surface area contributed by atoms with Crippen LogP contribution < -0.4 is 15.6 Å². The predicted octanol–water partition coefficient (Wildman–Crippen LogP) is 1.33. The molecule has 0 bridgehead atoms. The summed E-state index contributed by atoms with van der Waals surface area (Å²) in [7, 11) is 3.56. The second-order valence-electron chi connectivity index (χ2n) is 9.72. The van der Waals surface area contributed by atoms with Crippen LogP contribution in [-0.2, 0) is 11.3 Å². The van der Waals surface area contributed by atoms with Crippen LogP contribution in [0.4, 0.5) is 0 Å². The fourth-order valence-electron chi connectivity index (χ4n) is 6.21. The molecule has 4 heterocycles. The van der Waals surface area contributed by atoms with Gasteiger partial charge in [-0.2, -0.15) is 0 Å². The van der Waals surface area contributed by atoms with Crippen LogP contribution in [0.25, 0.3) is 11.1 Å². The van der Waals surface area contributed by atoms with Gasteiger partial charge in [-0.1, -0.05) is 12.1 Å². The Kier molecular flexibility index (Phi) is 6.46. The number of likely N-dealkylation sites (tertiary alicyclic amines) is 2. The van der Waals surface area contributed by atoms with Crippen LogP contribution in [-0.4, -0.2) is 78.4 Å². The number of carbonyl (C=O) groups is 1. The minimum atomic E-state index is -0.399. The molecule has 0 spiro atoms. The van der Waals surface area contributed by atoms with E-state index in [0.29, 0.717) is 18.7 Å². The predicted molar refractivity (Wildman–Crippen MR) is 130 cm³/mol. The quantitative estimate of drug-likeness (QED) is 0.640. The lowest BCUT2D eigenvalue weighted by molar-refractivity contribution is -0.127. The Bertz CT molecular complexity index is 1090. The highest BCUT2D eigenvalue weighted by Gasteiger charge is 2.54. The van der Waals surface area contributed by atoms with Gasteiger partial charge in [0, 0.05) is 49.3 Å². The van der Waals surface area contributed by atoms with E-state index in [1.807, 2.05) is 48.0 Å². The van der Waals surface area contributed by atoms with E-state index in [4.69, 9.17) is 4.74 Å². The van der Waals surface area contributed by atoms with Gasteiger partial charge in [-0.3, -0.25) is 14.5 Å². The molecule has 8 nitrogen and oxygen atoms in total. The van der Waals surface area contributed by atoms with Gasteiger partial charge in [-0.25, -0.2) is 0 Å². The van der Waals surface area contributed by atoms with Gasteiger partial charge in [0.15, 0.2) is 0 Å². The fraction of sp³-hybridized carbons (Fsp3) is 0.538. The molecule has 0 radical (unpaired) electrons. The number of benzene rings is 1. The number of aliphatic hydroxyl groups is 1. The van der Waals surface area contributed by atoms with Crippen molar-refractivity contribution >= 4 is 5.91 Å². The third kappa shape index (κ3) is 3.93. The maximum atomic E-state index is 13.4. The molecule has 3 aliphatic rings. The standard InChI is InChI=1S/C26H34N4O4/c1-28-23-20(21(16-31)24(28)25(32)27-11-14-29-12-3-4-13-29)15-30-22(23)10-9-19(26(30)33)17-5-7-18(34-2)8-6-17/h5-10,20-21,23-24,31H,3-4,11-16H2,1-2H3,(H,27,32)/t20-,21-,23+,24-/m0/s1. The minimum Gasteiger partial charge on any atom is -0.497 e. The van der Waals surface area contributed by atoms with Gasteiger partial charge < -0.3 is 24.6 Å². The Hall–Kier alpha value is -2.68. The van der Waals surface area contributed by atoms with E-state index in [2.05, 4.69) is 15.1 Å². The molecular weight excluding hydrogens is 432 g/mol. The van der Waals surface area contributed by atoms with Gasteiger partial charge in [0.2, 0.25) is 5.91 Å². The van der Waals surface area contributed by atoms with Crippen molar-refractivity contribution in [1.82, 2.24) is 19.7 Å². The summed E-state index contributed by atoms with van der Waals surface area (Å²) >= 11 is 0. The van der Waals surface area contributed by atoms with Gasteiger partial charge >= 0.3 is 0 Å². The van der Waals surface area contributed by atoms with Crippen LogP contribution in [0.2, 0.25) is 0 Å². The summed E-state index contributed by atoms with van der Waals surface area (Å²) in [6.45, 7) is 4.13. The molecule has 182 valence electrons. The number of hydrogen-bond donors (Lipinski definition) is 2. The average molecular weight is 467 g/mol. The monoisotopic (exact) mass is 466 g/mol. The zero-order valence-corrected chi connectivity index (χ0v) is 19.9. The summed E-state index contributed by atoms with van der Waals surface area (Å²) in [6.07, 6.45) is 2.46. The molecular formula is C26H34N4O4. The number of aliphatic hydroxyl groups excluding tert-OH is 1. The zero-order valence-electron chi connectivity index (χ0n) is 19.9. The molecule has 0 aliphatic carbocycles. The summed E-state index contributed by atoms with van der Waals surface area (Å²) in [5.74, 6) is 0.518. The molecule has 34 heavy (non-hydrogen) atoms. The maximum absolute atomic E-state index is 13.4. The molecule has 1 amide bonds.